The van der Waals surface area contributed by atoms with Crippen LogP contribution in [0.1, 0.15) is 25.8 Å². The fourth-order valence-electron chi connectivity index (χ4n) is 1.79. The number of nitrogens with one attached hydrogen (secondary N) is 1. The number of halogens is 1. The Morgan fingerprint density at radius 2 is 2.20 bits per heavy atom. The molecule has 5 nitrogen and oxygen atoms in total. The largest absolute Gasteiger partial charge is 0.409 e. The molecule has 0 atom stereocenters. The first-order valence-corrected chi connectivity index (χ1v) is 7.20. The normalized spacial score (nSPS) is 12.5. The van der Waals surface area contributed by atoms with Crippen LogP contribution in [-0.2, 0) is 11.3 Å². The summed E-state index contributed by atoms with van der Waals surface area (Å²) in [6.07, 6.45) is 0.752. The van der Waals surface area contributed by atoms with Gasteiger partial charge in [0.25, 0.3) is 0 Å². The molecule has 0 saturated heterocycles. The van der Waals surface area contributed by atoms with Crippen LogP contribution in [-0.4, -0.2) is 24.7 Å². The van der Waals surface area contributed by atoms with Gasteiger partial charge in [-0.2, -0.15) is 0 Å². The molecule has 6 heteroatoms. The molecular formula is C14H22BrN3O2. The molecule has 20 heavy (non-hydrogen) atoms. The van der Waals surface area contributed by atoms with E-state index in [0.717, 1.165) is 28.7 Å². The Balaban J connectivity index is 2.69. The number of hydrogen-bond donors (Lipinski definition) is 3. The predicted molar refractivity (Wildman–Crippen MR) is 85.2 cm³/mol. The van der Waals surface area contributed by atoms with Gasteiger partial charge in [0, 0.05) is 34.8 Å². The minimum absolute atomic E-state index is 0.241. The molecule has 0 heterocycles. The van der Waals surface area contributed by atoms with Crippen molar-refractivity contribution in [2.24, 2.45) is 16.3 Å². The first kappa shape index (κ1) is 16.8. The molecule has 0 spiro atoms. The highest BCUT2D eigenvalue weighted by Crippen LogP contribution is 2.26. The second kappa shape index (κ2) is 7.50. The van der Waals surface area contributed by atoms with Crippen molar-refractivity contribution in [3.05, 3.63) is 28.2 Å². The van der Waals surface area contributed by atoms with E-state index in [4.69, 9.17) is 15.7 Å². The molecule has 1 aromatic rings. The number of nitrogens with zero attached hydrogens (tertiary/aromatic N) is 1. The molecular weight excluding hydrogens is 322 g/mol. The third kappa shape index (κ3) is 4.38. The average Bonchev–Trinajstić information content (AvgIpc) is 2.41. The number of benzene rings is 1. The SMILES string of the molecule is COCc1c(Br)cccc1NCCC(C)(C)C(N)=NO. The number of oxime groups is 1. The van der Waals surface area contributed by atoms with Crippen molar-refractivity contribution in [1.82, 2.24) is 0 Å². The van der Waals surface area contributed by atoms with Gasteiger partial charge in [0.05, 0.1) is 6.61 Å². The number of methoxy groups -OCH3 is 1. The van der Waals surface area contributed by atoms with Gasteiger partial charge in [0.1, 0.15) is 5.84 Å². The van der Waals surface area contributed by atoms with Crippen LogP contribution in [0.5, 0.6) is 0 Å². The minimum Gasteiger partial charge on any atom is -0.409 e. The maximum atomic E-state index is 8.76. The summed E-state index contributed by atoms with van der Waals surface area (Å²) >= 11 is 3.52. The minimum atomic E-state index is -0.352. The van der Waals surface area contributed by atoms with Crippen LogP contribution in [0.15, 0.2) is 27.8 Å². The molecule has 0 radical (unpaired) electrons. The first-order valence-electron chi connectivity index (χ1n) is 6.40. The van der Waals surface area contributed by atoms with Gasteiger partial charge in [-0.05, 0) is 18.6 Å². The zero-order valence-corrected chi connectivity index (χ0v) is 13.7. The fourth-order valence-corrected chi connectivity index (χ4v) is 2.27. The van der Waals surface area contributed by atoms with Crippen molar-refractivity contribution in [3.63, 3.8) is 0 Å². The lowest BCUT2D eigenvalue weighted by Gasteiger charge is -2.23. The lowest BCUT2D eigenvalue weighted by atomic mass is 9.88. The monoisotopic (exact) mass is 343 g/mol. The summed E-state index contributed by atoms with van der Waals surface area (Å²) in [5, 5.41) is 15.2. The lowest BCUT2D eigenvalue weighted by Crippen LogP contribution is -2.33. The number of hydrogen-bond acceptors (Lipinski definition) is 4. The Bertz CT molecular complexity index is 475. The van der Waals surface area contributed by atoms with E-state index < -0.39 is 0 Å². The Hall–Kier alpha value is -1.27. The van der Waals surface area contributed by atoms with Crippen LogP contribution in [0.3, 0.4) is 0 Å². The molecule has 0 aliphatic heterocycles. The van der Waals surface area contributed by atoms with Crippen LogP contribution in [0.4, 0.5) is 5.69 Å². The Labute approximate surface area is 128 Å². The lowest BCUT2D eigenvalue weighted by molar-refractivity contribution is 0.185. The third-order valence-corrected chi connectivity index (χ3v) is 4.02. The van der Waals surface area contributed by atoms with Gasteiger partial charge in [0.15, 0.2) is 0 Å². The van der Waals surface area contributed by atoms with E-state index in [1.165, 1.54) is 0 Å². The molecule has 0 aliphatic carbocycles. The van der Waals surface area contributed by atoms with E-state index in [9.17, 15) is 0 Å². The van der Waals surface area contributed by atoms with E-state index in [1.807, 2.05) is 32.0 Å². The molecule has 0 amide bonds. The summed E-state index contributed by atoms with van der Waals surface area (Å²) in [6, 6.07) is 5.97. The van der Waals surface area contributed by atoms with Crippen molar-refractivity contribution >= 4 is 27.5 Å². The number of anilines is 1. The molecule has 112 valence electrons. The van der Waals surface area contributed by atoms with E-state index in [1.54, 1.807) is 7.11 Å². The van der Waals surface area contributed by atoms with Crippen molar-refractivity contribution in [2.75, 3.05) is 19.0 Å². The smallest absolute Gasteiger partial charge is 0.144 e. The average molecular weight is 344 g/mol. The zero-order valence-electron chi connectivity index (χ0n) is 12.1. The molecule has 1 rings (SSSR count). The molecule has 0 aliphatic rings. The third-order valence-electron chi connectivity index (χ3n) is 3.27. The Morgan fingerprint density at radius 3 is 2.80 bits per heavy atom. The first-order chi connectivity index (χ1) is 9.42. The van der Waals surface area contributed by atoms with Gasteiger partial charge >= 0.3 is 0 Å². The Morgan fingerprint density at radius 1 is 1.50 bits per heavy atom. The van der Waals surface area contributed by atoms with E-state index in [-0.39, 0.29) is 11.3 Å². The van der Waals surface area contributed by atoms with E-state index in [0.29, 0.717) is 6.61 Å². The Kier molecular flexibility index (Phi) is 6.29. The van der Waals surface area contributed by atoms with Crippen LogP contribution in [0, 0.1) is 5.41 Å². The number of amidine groups is 1. The van der Waals surface area contributed by atoms with Gasteiger partial charge in [-0.3, -0.25) is 0 Å². The van der Waals surface area contributed by atoms with Crippen LogP contribution < -0.4 is 11.1 Å². The molecule has 0 aromatic heterocycles. The summed E-state index contributed by atoms with van der Waals surface area (Å²) in [6.45, 7) is 5.14. The van der Waals surface area contributed by atoms with Crippen LogP contribution in [0.2, 0.25) is 0 Å². The van der Waals surface area contributed by atoms with E-state index >= 15 is 0 Å². The van der Waals surface area contributed by atoms with Gasteiger partial charge in [-0.15, -0.1) is 0 Å². The topological polar surface area (TPSA) is 79.9 Å². The molecule has 1 aromatic carbocycles. The predicted octanol–water partition coefficient (Wildman–Crippen LogP) is 3.17. The highest BCUT2D eigenvalue weighted by molar-refractivity contribution is 9.10. The van der Waals surface area contributed by atoms with Crippen molar-refractivity contribution in [3.8, 4) is 0 Å². The highest BCUT2D eigenvalue weighted by atomic mass is 79.9. The summed E-state index contributed by atoms with van der Waals surface area (Å²) in [5.41, 5.74) is 7.43. The second-order valence-electron chi connectivity index (χ2n) is 5.24. The van der Waals surface area contributed by atoms with Crippen molar-refractivity contribution < 1.29 is 9.94 Å². The maximum absolute atomic E-state index is 8.76. The molecule has 0 saturated carbocycles. The van der Waals surface area contributed by atoms with E-state index in [2.05, 4.69) is 26.4 Å². The molecule has 0 fully saturated rings. The number of ether oxygens (including phenoxy) is 1. The fraction of sp³-hybridized carbons (Fsp3) is 0.500. The van der Waals surface area contributed by atoms with Gasteiger partial charge in [-0.1, -0.05) is 41.0 Å². The number of rotatable bonds is 7. The summed E-state index contributed by atoms with van der Waals surface area (Å²) in [5.74, 6) is 0.241. The second-order valence-corrected chi connectivity index (χ2v) is 6.10. The van der Waals surface area contributed by atoms with Gasteiger partial charge in [0.2, 0.25) is 0 Å². The van der Waals surface area contributed by atoms with Crippen LogP contribution in [0.25, 0.3) is 0 Å². The molecule has 4 N–H and O–H groups in total. The quantitative estimate of drug-likeness (QED) is 0.307. The summed E-state index contributed by atoms with van der Waals surface area (Å²) < 4.78 is 6.22. The van der Waals surface area contributed by atoms with Gasteiger partial charge < -0.3 is 21.0 Å². The summed E-state index contributed by atoms with van der Waals surface area (Å²) in [7, 11) is 1.67. The molecule has 0 bridgehead atoms. The summed E-state index contributed by atoms with van der Waals surface area (Å²) in [4.78, 5) is 0. The van der Waals surface area contributed by atoms with Crippen molar-refractivity contribution in [1.29, 1.82) is 0 Å². The standard InChI is InChI=1S/C14H22BrN3O2/c1-14(2,13(16)18-19)7-8-17-12-6-4-5-11(15)10(12)9-20-3/h4-6,17,19H,7-9H2,1-3H3,(H2,16,18). The van der Waals surface area contributed by atoms with Crippen molar-refractivity contribution in [2.45, 2.75) is 26.9 Å². The van der Waals surface area contributed by atoms with Crippen LogP contribution >= 0.6 is 15.9 Å². The highest BCUT2D eigenvalue weighted by Gasteiger charge is 2.23. The zero-order chi connectivity index (χ0) is 15.2. The maximum Gasteiger partial charge on any atom is 0.144 e. The van der Waals surface area contributed by atoms with Gasteiger partial charge in [-0.25, -0.2) is 0 Å². The number of nitrogens with two attached hydrogens (primary N) is 1. The molecule has 0 unspecified atom stereocenters.